The van der Waals surface area contributed by atoms with E-state index < -0.39 is 0 Å². The molecule has 2 unspecified atom stereocenters. The molecule has 0 bridgehead atoms. The Kier molecular flexibility index (Phi) is 1.39. The molecule has 0 radical (unpaired) electrons. The minimum absolute atomic E-state index is 0.420. The highest BCUT2D eigenvalue weighted by Crippen LogP contribution is 2.70. The van der Waals surface area contributed by atoms with E-state index in [0.29, 0.717) is 23.4 Å². The summed E-state index contributed by atoms with van der Waals surface area (Å²) in [6, 6.07) is 0. The van der Waals surface area contributed by atoms with Crippen molar-refractivity contribution in [1.29, 1.82) is 0 Å². The first-order valence-corrected chi connectivity index (χ1v) is 4.73. The van der Waals surface area contributed by atoms with Crippen LogP contribution in [0.2, 0.25) is 0 Å². The van der Waals surface area contributed by atoms with Crippen LogP contribution in [0.25, 0.3) is 0 Å². The van der Waals surface area contributed by atoms with Gasteiger partial charge in [-0.2, -0.15) is 0 Å². The lowest BCUT2D eigenvalue weighted by atomic mass is 9.77. The minimum atomic E-state index is 0.420. The first-order valence-electron chi connectivity index (χ1n) is 4.73. The largest absolute Gasteiger partial charge is 0.396 e. The van der Waals surface area contributed by atoms with Gasteiger partial charge >= 0.3 is 0 Å². The molecule has 0 amide bonds. The molecule has 2 aliphatic rings. The molecule has 1 heteroatoms. The zero-order chi connectivity index (χ0) is 8.11. The summed E-state index contributed by atoms with van der Waals surface area (Å²) >= 11 is 0. The Labute approximate surface area is 68.8 Å². The first kappa shape index (κ1) is 7.60. The van der Waals surface area contributed by atoms with E-state index >= 15 is 0 Å². The van der Waals surface area contributed by atoms with Gasteiger partial charge in [0.2, 0.25) is 0 Å². The molecule has 2 saturated carbocycles. The summed E-state index contributed by atoms with van der Waals surface area (Å²) in [4.78, 5) is 0. The highest BCUT2D eigenvalue weighted by atomic mass is 16.3. The number of hydrogen-bond acceptors (Lipinski definition) is 1. The maximum absolute atomic E-state index is 9.06. The molecular formula is C10H18O. The van der Waals surface area contributed by atoms with Gasteiger partial charge in [-0.3, -0.25) is 0 Å². The molecule has 64 valence electrons. The summed E-state index contributed by atoms with van der Waals surface area (Å²) < 4.78 is 0. The van der Waals surface area contributed by atoms with Crippen molar-refractivity contribution in [3.8, 4) is 0 Å². The molecule has 2 rings (SSSR count). The average molecular weight is 154 g/mol. The van der Waals surface area contributed by atoms with Crippen molar-refractivity contribution >= 4 is 0 Å². The van der Waals surface area contributed by atoms with Crippen LogP contribution in [0.3, 0.4) is 0 Å². The fourth-order valence-electron chi connectivity index (χ4n) is 3.19. The molecule has 0 aliphatic heterocycles. The summed E-state index contributed by atoms with van der Waals surface area (Å²) in [5.74, 6) is 0.639. The van der Waals surface area contributed by atoms with Crippen molar-refractivity contribution < 1.29 is 5.11 Å². The second kappa shape index (κ2) is 2.01. The lowest BCUT2D eigenvalue weighted by molar-refractivity contribution is 0.174. The van der Waals surface area contributed by atoms with Gasteiger partial charge in [0.1, 0.15) is 0 Å². The van der Waals surface area contributed by atoms with Crippen LogP contribution in [0.15, 0.2) is 0 Å². The van der Waals surface area contributed by atoms with Crippen LogP contribution in [0.5, 0.6) is 0 Å². The van der Waals surface area contributed by atoms with Gasteiger partial charge < -0.3 is 5.11 Å². The number of hydrogen-bond donors (Lipinski definition) is 1. The molecule has 0 saturated heterocycles. The van der Waals surface area contributed by atoms with Crippen LogP contribution in [-0.2, 0) is 0 Å². The smallest absolute Gasteiger partial charge is 0.0464 e. The Hall–Kier alpha value is -0.0400. The van der Waals surface area contributed by atoms with Gasteiger partial charge in [0.25, 0.3) is 0 Å². The van der Waals surface area contributed by atoms with Gasteiger partial charge in [-0.15, -0.1) is 0 Å². The highest BCUT2D eigenvalue weighted by Gasteiger charge is 2.63. The number of aliphatic hydroxyl groups excluding tert-OH is 1. The third-order valence-electron chi connectivity index (χ3n) is 4.22. The standard InChI is InChI=1S/C10H18O/c1-9(2)4-3-5-10(9)6-8(10)7-11/h8,11H,3-7H2,1-2H3. The zero-order valence-corrected chi connectivity index (χ0v) is 7.56. The SMILES string of the molecule is CC1(C)CCCC12CC2CO. The van der Waals surface area contributed by atoms with E-state index in [2.05, 4.69) is 13.8 Å². The highest BCUT2D eigenvalue weighted by molar-refractivity contribution is 5.12. The fraction of sp³-hybridized carbons (Fsp3) is 1.00. The molecule has 0 aromatic carbocycles. The molecule has 0 aromatic rings. The van der Waals surface area contributed by atoms with Crippen LogP contribution >= 0.6 is 0 Å². The van der Waals surface area contributed by atoms with Crippen molar-refractivity contribution in [2.24, 2.45) is 16.7 Å². The lowest BCUT2D eigenvalue weighted by Gasteiger charge is -2.27. The summed E-state index contributed by atoms with van der Waals surface area (Å²) in [5, 5.41) is 9.06. The third-order valence-corrected chi connectivity index (χ3v) is 4.22. The third kappa shape index (κ3) is 0.807. The molecule has 0 aromatic heterocycles. The first-order chi connectivity index (χ1) is 5.12. The Morgan fingerprint density at radius 1 is 1.36 bits per heavy atom. The molecule has 11 heavy (non-hydrogen) atoms. The molecule has 2 atom stereocenters. The number of aliphatic hydroxyl groups is 1. The lowest BCUT2D eigenvalue weighted by Crippen LogP contribution is -2.21. The maximum atomic E-state index is 9.06. The summed E-state index contributed by atoms with van der Waals surface area (Å²) in [5.41, 5.74) is 1.07. The van der Waals surface area contributed by atoms with Crippen LogP contribution in [-0.4, -0.2) is 11.7 Å². The van der Waals surface area contributed by atoms with Crippen molar-refractivity contribution in [3.05, 3.63) is 0 Å². The predicted octanol–water partition coefficient (Wildman–Crippen LogP) is 2.20. The van der Waals surface area contributed by atoms with Gasteiger partial charge in [0.15, 0.2) is 0 Å². The van der Waals surface area contributed by atoms with E-state index in [1.54, 1.807) is 0 Å². The van der Waals surface area contributed by atoms with E-state index in [0.717, 1.165) is 0 Å². The quantitative estimate of drug-likeness (QED) is 0.614. The van der Waals surface area contributed by atoms with Gasteiger partial charge in [0, 0.05) is 6.61 Å². The van der Waals surface area contributed by atoms with Crippen LogP contribution in [0.4, 0.5) is 0 Å². The molecule has 1 nitrogen and oxygen atoms in total. The number of rotatable bonds is 1. The summed E-state index contributed by atoms with van der Waals surface area (Å²) in [6.45, 7) is 5.16. The zero-order valence-electron chi connectivity index (χ0n) is 7.56. The monoisotopic (exact) mass is 154 g/mol. The second-order valence-electron chi connectivity index (χ2n) is 4.98. The minimum Gasteiger partial charge on any atom is -0.396 e. The van der Waals surface area contributed by atoms with Crippen LogP contribution in [0, 0.1) is 16.7 Å². The van der Waals surface area contributed by atoms with Gasteiger partial charge in [0.05, 0.1) is 0 Å². The van der Waals surface area contributed by atoms with Gasteiger partial charge in [-0.1, -0.05) is 20.3 Å². The normalized spacial score (nSPS) is 46.6. The van der Waals surface area contributed by atoms with E-state index in [1.807, 2.05) is 0 Å². The summed E-state index contributed by atoms with van der Waals surface area (Å²) in [7, 11) is 0. The maximum Gasteiger partial charge on any atom is 0.0464 e. The predicted molar refractivity (Wildman–Crippen MR) is 45.3 cm³/mol. The molecule has 1 spiro atoms. The van der Waals surface area contributed by atoms with Crippen molar-refractivity contribution in [2.45, 2.75) is 39.5 Å². The van der Waals surface area contributed by atoms with Gasteiger partial charge in [-0.25, -0.2) is 0 Å². The molecule has 2 aliphatic carbocycles. The second-order valence-corrected chi connectivity index (χ2v) is 4.98. The molecule has 0 heterocycles. The molecular weight excluding hydrogens is 136 g/mol. The van der Waals surface area contributed by atoms with Crippen LogP contribution in [0.1, 0.15) is 39.5 Å². The van der Waals surface area contributed by atoms with Gasteiger partial charge in [-0.05, 0) is 36.0 Å². The fourth-order valence-corrected chi connectivity index (χ4v) is 3.19. The molecule has 1 N–H and O–H groups in total. The topological polar surface area (TPSA) is 20.2 Å². The Balaban J connectivity index is 2.15. The Morgan fingerprint density at radius 2 is 2.09 bits per heavy atom. The van der Waals surface area contributed by atoms with E-state index in [9.17, 15) is 0 Å². The Bertz CT molecular complexity index is 174. The van der Waals surface area contributed by atoms with E-state index in [4.69, 9.17) is 5.11 Å². The Morgan fingerprint density at radius 3 is 2.45 bits per heavy atom. The molecule has 2 fully saturated rings. The van der Waals surface area contributed by atoms with Crippen molar-refractivity contribution in [2.75, 3.05) is 6.61 Å². The van der Waals surface area contributed by atoms with Crippen molar-refractivity contribution in [1.82, 2.24) is 0 Å². The average Bonchev–Trinajstić information content (AvgIpc) is 2.56. The van der Waals surface area contributed by atoms with E-state index in [-0.39, 0.29) is 0 Å². The van der Waals surface area contributed by atoms with Crippen molar-refractivity contribution in [3.63, 3.8) is 0 Å². The summed E-state index contributed by atoms with van der Waals surface area (Å²) in [6.07, 6.45) is 5.40. The van der Waals surface area contributed by atoms with E-state index in [1.165, 1.54) is 25.7 Å². The van der Waals surface area contributed by atoms with Crippen LogP contribution < -0.4 is 0 Å².